The van der Waals surface area contributed by atoms with Crippen molar-refractivity contribution in [2.24, 2.45) is 5.73 Å². The second-order valence-electron chi connectivity index (χ2n) is 4.18. The van der Waals surface area contributed by atoms with Crippen molar-refractivity contribution in [3.05, 3.63) is 69.7 Å². The van der Waals surface area contributed by atoms with E-state index >= 15 is 0 Å². The highest BCUT2D eigenvalue weighted by Gasteiger charge is 1.98. The first-order valence-electron chi connectivity index (χ1n) is 5.86. The monoisotopic (exact) mass is 335 g/mol. The zero-order chi connectivity index (χ0) is 13.7. The van der Waals surface area contributed by atoms with E-state index in [0.717, 1.165) is 21.2 Å². The van der Waals surface area contributed by atoms with Crippen LogP contribution in [0.2, 0.25) is 0 Å². The lowest BCUT2D eigenvalue weighted by atomic mass is 10.1. The minimum absolute atomic E-state index is 0.419. The molecule has 0 amide bonds. The number of hydrogen-bond donors (Lipinski definition) is 1. The van der Waals surface area contributed by atoms with Gasteiger partial charge in [-0.2, -0.15) is 0 Å². The number of ether oxygens (including phenoxy) is 1. The summed E-state index contributed by atoms with van der Waals surface area (Å²) in [5.74, 6) is 0. The average Bonchev–Trinajstić information content (AvgIpc) is 2.41. The normalized spacial score (nSPS) is 10.4. The quantitative estimate of drug-likeness (QED) is 0.844. The highest BCUT2D eigenvalue weighted by molar-refractivity contribution is 9.10. The summed E-state index contributed by atoms with van der Waals surface area (Å²) in [6.45, 7) is 1.18. The first kappa shape index (κ1) is 14.2. The summed E-state index contributed by atoms with van der Waals surface area (Å²) in [5, 5.41) is 0. The second-order valence-corrected chi connectivity index (χ2v) is 5.54. The summed E-state index contributed by atoms with van der Waals surface area (Å²) in [7, 11) is 0. The molecule has 0 unspecified atom stereocenters. The predicted molar refractivity (Wildman–Crippen MR) is 85.0 cm³/mol. The highest BCUT2D eigenvalue weighted by Crippen LogP contribution is 2.12. The van der Waals surface area contributed by atoms with Gasteiger partial charge >= 0.3 is 0 Å². The molecule has 0 heterocycles. The van der Waals surface area contributed by atoms with Gasteiger partial charge in [0.25, 0.3) is 0 Å². The van der Waals surface area contributed by atoms with Crippen molar-refractivity contribution in [2.45, 2.75) is 13.2 Å². The topological polar surface area (TPSA) is 35.2 Å². The lowest BCUT2D eigenvalue weighted by molar-refractivity contribution is 0.107. The molecule has 0 radical (unpaired) electrons. The van der Waals surface area contributed by atoms with Gasteiger partial charge < -0.3 is 10.5 Å². The molecule has 0 saturated heterocycles. The van der Waals surface area contributed by atoms with Gasteiger partial charge in [-0.1, -0.05) is 64.5 Å². The van der Waals surface area contributed by atoms with Gasteiger partial charge in [0.1, 0.15) is 4.99 Å². The van der Waals surface area contributed by atoms with E-state index in [0.29, 0.717) is 18.2 Å². The zero-order valence-corrected chi connectivity index (χ0v) is 12.7. The fourth-order valence-electron chi connectivity index (χ4n) is 1.63. The predicted octanol–water partition coefficient (Wildman–Crippen LogP) is 3.80. The summed E-state index contributed by atoms with van der Waals surface area (Å²) in [4.78, 5) is 0.419. The van der Waals surface area contributed by atoms with Crippen LogP contribution in [0, 0.1) is 0 Å². The van der Waals surface area contributed by atoms with Crippen LogP contribution in [0.1, 0.15) is 16.7 Å². The van der Waals surface area contributed by atoms with Crippen LogP contribution in [0.25, 0.3) is 0 Å². The van der Waals surface area contributed by atoms with Gasteiger partial charge in [-0.3, -0.25) is 0 Å². The Morgan fingerprint density at radius 3 is 1.89 bits per heavy atom. The van der Waals surface area contributed by atoms with Crippen molar-refractivity contribution in [2.75, 3.05) is 0 Å². The molecule has 0 fully saturated rings. The first-order chi connectivity index (χ1) is 9.15. The molecule has 0 saturated carbocycles. The standard InChI is InChI=1S/C15H14BrNOS/c16-14-7-3-12(4-8-14)10-18-9-11-1-5-13(6-2-11)15(17)19/h1-8H,9-10H2,(H2,17,19). The van der Waals surface area contributed by atoms with E-state index in [1.165, 1.54) is 0 Å². The SMILES string of the molecule is NC(=S)c1ccc(COCc2ccc(Br)cc2)cc1. The maximum atomic E-state index is 5.67. The second kappa shape index (κ2) is 6.80. The molecule has 98 valence electrons. The van der Waals surface area contributed by atoms with Crippen molar-refractivity contribution >= 4 is 33.1 Å². The number of rotatable bonds is 5. The third-order valence-corrected chi connectivity index (χ3v) is 3.45. The molecular weight excluding hydrogens is 322 g/mol. The Labute approximate surface area is 126 Å². The van der Waals surface area contributed by atoms with Crippen LogP contribution in [0.4, 0.5) is 0 Å². The van der Waals surface area contributed by atoms with Crippen LogP contribution in [0.15, 0.2) is 53.0 Å². The van der Waals surface area contributed by atoms with Crippen molar-refractivity contribution in [1.82, 2.24) is 0 Å². The Balaban J connectivity index is 1.85. The van der Waals surface area contributed by atoms with Crippen LogP contribution < -0.4 is 5.73 Å². The molecule has 19 heavy (non-hydrogen) atoms. The van der Waals surface area contributed by atoms with E-state index < -0.39 is 0 Å². The van der Waals surface area contributed by atoms with Crippen LogP contribution in [-0.4, -0.2) is 4.99 Å². The molecule has 2 N–H and O–H groups in total. The molecule has 0 bridgehead atoms. The minimum Gasteiger partial charge on any atom is -0.389 e. The lowest BCUT2D eigenvalue weighted by Gasteiger charge is -2.06. The largest absolute Gasteiger partial charge is 0.389 e. The van der Waals surface area contributed by atoms with E-state index in [-0.39, 0.29) is 0 Å². The molecular formula is C15H14BrNOS. The van der Waals surface area contributed by atoms with Gasteiger partial charge in [0, 0.05) is 10.0 Å². The van der Waals surface area contributed by atoms with Crippen molar-refractivity contribution in [1.29, 1.82) is 0 Å². The fraction of sp³-hybridized carbons (Fsp3) is 0.133. The minimum atomic E-state index is 0.419. The van der Waals surface area contributed by atoms with Gasteiger partial charge in [0.05, 0.1) is 13.2 Å². The van der Waals surface area contributed by atoms with Gasteiger partial charge in [-0.05, 0) is 23.3 Å². The van der Waals surface area contributed by atoms with Gasteiger partial charge in [0.15, 0.2) is 0 Å². The van der Waals surface area contributed by atoms with E-state index in [2.05, 4.69) is 15.9 Å². The molecule has 2 rings (SSSR count). The Morgan fingerprint density at radius 1 is 0.947 bits per heavy atom. The van der Waals surface area contributed by atoms with E-state index in [9.17, 15) is 0 Å². The Kier molecular flexibility index (Phi) is 5.07. The van der Waals surface area contributed by atoms with Crippen LogP contribution in [0.5, 0.6) is 0 Å². The average molecular weight is 336 g/mol. The maximum Gasteiger partial charge on any atom is 0.103 e. The summed E-state index contributed by atoms with van der Waals surface area (Å²) in [6, 6.07) is 15.9. The molecule has 0 aliphatic heterocycles. The molecule has 4 heteroatoms. The molecule has 2 nitrogen and oxygen atoms in total. The Morgan fingerprint density at radius 2 is 1.42 bits per heavy atom. The molecule has 0 spiro atoms. The number of thiocarbonyl (C=S) groups is 1. The summed E-state index contributed by atoms with van der Waals surface area (Å²) in [5.41, 5.74) is 8.69. The van der Waals surface area contributed by atoms with Gasteiger partial charge in [-0.25, -0.2) is 0 Å². The van der Waals surface area contributed by atoms with E-state index in [4.69, 9.17) is 22.7 Å². The van der Waals surface area contributed by atoms with Gasteiger partial charge in [-0.15, -0.1) is 0 Å². The Hall–Kier alpha value is -1.23. The van der Waals surface area contributed by atoms with Crippen molar-refractivity contribution < 1.29 is 4.74 Å². The molecule has 0 aliphatic carbocycles. The fourth-order valence-corrected chi connectivity index (χ4v) is 2.03. The molecule has 0 atom stereocenters. The smallest absolute Gasteiger partial charge is 0.103 e. The van der Waals surface area contributed by atoms with E-state index in [1.807, 2.05) is 48.5 Å². The molecule has 2 aromatic carbocycles. The number of benzene rings is 2. The van der Waals surface area contributed by atoms with Crippen molar-refractivity contribution in [3.8, 4) is 0 Å². The molecule has 2 aromatic rings. The number of halogens is 1. The summed E-state index contributed by atoms with van der Waals surface area (Å²) < 4.78 is 6.74. The van der Waals surface area contributed by atoms with Crippen LogP contribution >= 0.6 is 28.1 Å². The first-order valence-corrected chi connectivity index (χ1v) is 7.06. The molecule has 0 aromatic heterocycles. The third-order valence-electron chi connectivity index (χ3n) is 2.69. The summed E-state index contributed by atoms with van der Waals surface area (Å²) in [6.07, 6.45) is 0. The lowest BCUT2D eigenvalue weighted by Crippen LogP contribution is -2.09. The van der Waals surface area contributed by atoms with Gasteiger partial charge in [0.2, 0.25) is 0 Å². The van der Waals surface area contributed by atoms with Crippen LogP contribution in [-0.2, 0) is 18.0 Å². The van der Waals surface area contributed by atoms with Crippen LogP contribution in [0.3, 0.4) is 0 Å². The highest BCUT2D eigenvalue weighted by atomic mass is 79.9. The number of hydrogen-bond acceptors (Lipinski definition) is 2. The van der Waals surface area contributed by atoms with Crippen molar-refractivity contribution in [3.63, 3.8) is 0 Å². The zero-order valence-electron chi connectivity index (χ0n) is 10.3. The summed E-state index contributed by atoms with van der Waals surface area (Å²) >= 11 is 8.32. The molecule has 0 aliphatic rings. The third kappa shape index (κ3) is 4.42. The number of nitrogens with two attached hydrogens (primary N) is 1. The Bertz CT molecular complexity index is 551. The van der Waals surface area contributed by atoms with E-state index in [1.54, 1.807) is 0 Å². The maximum absolute atomic E-state index is 5.67.